The Morgan fingerprint density at radius 3 is 2.91 bits per heavy atom. The Kier molecular flexibility index (Phi) is 5.04. The molecule has 2 aromatic rings. The smallest absolute Gasteiger partial charge is 0.279 e. The van der Waals surface area contributed by atoms with Crippen LogP contribution in [0.5, 0.6) is 0 Å². The Morgan fingerprint density at radius 1 is 1.26 bits per heavy atom. The fourth-order valence-corrected chi connectivity index (χ4v) is 4.65. The Bertz CT molecular complexity index is 754. The summed E-state index contributed by atoms with van der Waals surface area (Å²) in [4.78, 5) is 0. The van der Waals surface area contributed by atoms with Gasteiger partial charge in [-0.15, -0.1) is 0 Å². The molecule has 1 N–H and O–H groups in total. The molecule has 0 unspecified atom stereocenters. The Hall–Kier alpha value is -1.37. The number of para-hydroxylation sites is 1. The molecule has 2 heterocycles. The van der Waals surface area contributed by atoms with Gasteiger partial charge in [0.25, 0.3) is 10.2 Å². The summed E-state index contributed by atoms with van der Waals surface area (Å²) in [5, 5.41) is 1.22. The zero-order valence-electron chi connectivity index (χ0n) is 13.6. The van der Waals surface area contributed by atoms with E-state index in [2.05, 4.69) is 40.6 Å². The predicted octanol–water partition coefficient (Wildman–Crippen LogP) is 2.60. The lowest BCUT2D eigenvalue weighted by atomic mass is 10.0. The number of nitrogens with zero attached hydrogens (tertiary/aromatic N) is 2. The van der Waals surface area contributed by atoms with Gasteiger partial charge in [0.05, 0.1) is 0 Å². The Labute approximate surface area is 138 Å². The third-order valence-corrected chi connectivity index (χ3v) is 6.08. The molecular weight excluding hydrogens is 310 g/mol. The van der Waals surface area contributed by atoms with Crippen LogP contribution >= 0.6 is 0 Å². The van der Waals surface area contributed by atoms with Crippen LogP contribution in [0, 0.1) is 5.92 Å². The van der Waals surface area contributed by atoms with Crippen LogP contribution in [0.4, 0.5) is 0 Å². The predicted molar refractivity (Wildman–Crippen MR) is 93.4 cm³/mol. The number of fused-ring (bicyclic) bond motifs is 1. The number of aryl methyl sites for hydroxylation is 1. The molecule has 1 aromatic carbocycles. The first-order valence-electron chi connectivity index (χ1n) is 8.35. The maximum atomic E-state index is 12.3. The van der Waals surface area contributed by atoms with E-state index in [1.54, 1.807) is 4.31 Å². The minimum atomic E-state index is -3.33. The van der Waals surface area contributed by atoms with Crippen molar-refractivity contribution in [2.45, 2.75) is 32.7 Å². The second-order valence-electron chi connectivity index (χ2n) is 6.43. The van der Waals surface area contributed by atoms with E-state index in [4.69, 9.17) is 0 Å². The number of piperidine rings is 1. The van der Waals surface area contributed by atoms with E-state index in [1.165, 1.54) is 10.9 Å². The average molecular weight is 335 g/mol. The molecular formula is C17H25N3O2S. The third kappa shape index (κ3) is 3.94. The first kappa shape index (κ1) is 16.5. The molecule has 1 saturated heterocycles. The molecule has 3 rings (SSSR count). The van der Waals surface area contributed by atoms with Crippen LogP contribution in [0.3, 0.4) is 0 Å². The second-order valence-corrected chi connectivity index (χ2v) is 8.18. The monoisotopic (exact) mass is 335 g/mol. The highest BCUT2D eigenvalue weighted by Crippen LogP contribution is 2.18. The van der Waals surface area contributed by atoms with Gasteiger partial charge >= 0.3 is 0 Å². The molecule has 1 aliphatic rings. The Morgan fingerprint density at radius 2 is 2.09 bits per heavy atom. The SMILES string of the molecule is C[C@H]1CCCN(S(=O)(=O)NCCCn2ccc3ccccc32)C1. The zero-order valence-corrected chi connectivity index (χ0v) is 14.4. The molecule has 1 aliphatic heterocycles. The first-order chi connectivity index (χ1) is 11.1. The van der Waals surface area contributed by atoms with Gasteiger partial charge < -0.3 is 4.57 Å². The number of hydrogen-bond acceptors (Lipinski definition) is 2. The summed E-state index contributed by atoms with van der Waals surface area (Å²) in [5.74, 6) is 0.451. The van der Waals surface area contributed by atoms with Crippen molar-refractivity contribution in [3.63, 3.8) is 0 Å². The van der Waals surface area contributed by atoms with Crippen LogP contribution in [-0.2, 0) is 16.8 Å². The molecule has 0 spiro atoms. The van der Waals surface area contributed by atoms with Crippen molar-refractivity contribution in [1.29, 1.82) is 0 Å². The van der Waals surface area contributed by atoms with Gasteiger partial charge in [-0.1, -0.05) is 25.1 Å². The quantitative estimate of drug-likeness (QED) is 0.825. The van der Waals surface area contributed by atoms with Gasteiger partial charge in [0.1, 0.15) is 0 Å². The first-order valence-corrected chi connectivity index (χ1v) is 9.79. The van der Waals surface area contributed by atoms with E-state index in [9.17, 15) is 8.42 Å². The lowest BCUT2D eigenvalue weighted by Gasteiger charge is -2.30. The molecule has 0 amide bonds. The molecule has 23 heavy (non-hydrogen) atoms. The minimum Gasteiger partial charge on any atom is -0.347 e. The van der Waals surface area contributed by atoms with Gasteiger partial charge in [-0.05, 0) is 42.7 Å². The van der Waals surface area contributed by atoms with E-state index in [0.29, 0.717) is 25.6 Å². The van der Waals surface area contributed by atoms with Crippen molar-refractivity contribution in [3.8, 4) is 0 Å². The highest BCUT2D eigenvalue weighted by Gasteiger charge is 2.26. The lowest BCUT2D eigenvalue weighted by Crippen LogP contribution is -2.45. The van der Waals surface area contributed by atoms with Crippen LogP contribution in [-0.4, -0.2) is 36.9 Å². The van der Waals surface area contributed by atoms with Crippen LogP contribution in [0.1, 0.15) is 26.2 Å². The van der Waals surface area contributed by atoms with Crippen molar-refractivity contribution in [2.75, 3.05) is 19.6 Å². The summed E-state index contributed by atoms with van der Waals surface area (Å²) >= 11 is 0. The van der Waals surface area contributed by atoms with Crippen LogP contribution < -0.4 is 4.72 Å². The number of rotatable bonds is 6. The van der Waals surface area contributed by atoms with Gasteiger partial charge in [-0.25, -0.2) is 4.72 Å². The fourth-order valence-electron chi connectivity index (χ4n) is 3.24. The maximum absolute atomic E-state index is 12.3. The molecule has 1 atom stereocenters. The molecule has 0 radical (unpaired) electrons. The number of nitrogens with one attached hydrogen (secondary N) is 1. The highest BCUT2D eigenvalue weighted by atomic mass is 32.2. The molecule has 0 saturated carbocycles. The maximum Gasteiger partial charge on any atom is 0.279 e. The topological polar surface area (TPSA) is 54.3 Å². The van der Waals surface area contributed by atoms with Gasteiger partial charge in [-0.2, -0.15) is 12.7 Å². The van der Waals surface area contributed by atoms with E-state index in [1.807, 2.05) is 12.1 Å². The van der Waals surface area contributed by atoms with E-state index in [0.717, 1.165) is 25.8 Å². The molecule has 6 heteroatoms. The fraction of sp³-hybridized carbons (Fsp3) is 0.529. The van der Waals surface area contributed by atoms with E-state index in [-0.39, 0.29) is 0 Å². The summed E-state index contributed by atoms with van der Waals surface area (Å²) in [7, 11) is -3.33. The number of aromatic nitrogens is 1. The third-order valence-electron chi connectivity index (χ3n) is 4.50. The molecule has 0 aliphatic carbocycles. The van der Waals surface area contributed by atoms with Gasteiger partial charge in [0.15, 0.2) is 0 Å². The van der Waals surface area contributed by atoms with Crippen molar-refractivity contribution < 1.29 is 8.42 Å². The lowest BCUT2D eigenvalue weighted by molar-refractivity contribution is 0.278. The largest absolute Gasteiger partial charge is 0.347 e. The standard InChI is InChI=1S/C17H25N3O2S/c1-15-6-4-12-20(14-15)23(21,22)18-10-5-11-19-13-9-16-7-2-3-8-17(16)19/h2-3,7-9,13,15,18H,4-6,10-12,14H2,1H3/t15-/m0/s1. The van der Waals surface area contributed by atoms with E-state index >= 15 is 0 Å². The van der Waals surface area contributed by atoms with Gasteiger partial charge in [0.2, 0.25) is 0 Å². The molecule has 5 nitrogen and oxygen atoms in total. The summed E-state index contributed by atoms with van der Waals surface area (Å²) in [6.07, 6.45) is 4.91. The van der Waals surface area contributed by atoms with Crippen molar-refractivity contribution in [3.05, 3.63) is 36.5 Å². The van der Waals surface area contributed by atoms with Crippen LogP contribution in [0.2, 0.25) is 0 Å². The average Bonchev–Trinajstić information content (AvgIpc) is 2.95. The molecule has 126 valence electrons. The summed E-state index contributed by atoms with van der Waals surface area (Å²) in [6.45, 7) is 4.67. The summed E-state index contributed by atoms with van der Waals surface area (Å²) in [5.41, 5.74) is 1.19. The summed E-state index contributed by atoms with van der Waals surface area (Å²) < 4.78 is 31.1. The summed E-state index contributed by atoms with van der Waals surface area (Å²) in [6, 6.07) is 10.3. The minimum absolute atomic E-state index is 0.451. The van der Waals surface area contributed by atoms with Crippen molar-refractivity contribution >= 4 is 21.1 Å². The molecule has 0 bridgehead atoms. The number of benzene rings is 1. The van der Waals surface area contributed by atoms with E-state index < -0.39 is 10.2 Å². The van der Waals surface area contributed by atoms with Crippen LogP contribution in [0.25, 0.3) is 10.9 Å². The second kappa shape index (κ2) is 7.03. The van der Waals surface area contributed by atoms with Crippen molar-refractivity contribution in [2.24, 2.45) is 5.92 Å². The molecule has 1 aromatic heterocycles. The highest BCUT2D eigenvalue weighted by molar-refractivity contribution is 7.87. The van der Waals surface area contributed by atoms with Gasteiger partial charge in [-0.3, -0.25) is 0 Å². The Balaban J connectivity index is 1.51. The zero-order chi connectivity index (χ0) is 16.3. The van der Waals surface area contributed by atoms with Gasteiger partial charge in [0, 0.05) is 37.9 Å². The normalized spacial score (nSPS) is 20.1. The van der Waals surface area contributed by atoms with Crippen LogP contribution in [0.15, 0.2) is 36.5 Å². The number of hydrogen-bond donors (Lipinski definition) is 1. The van der Waals surface area contributed by atoms with Crippen molar-refractivity contribution in [1.82, 2.24) is 13.6 Å². The molecule has 1 fully saturated rings.